The van der Waals surface area contributed by atoms with Crippen molar-refractivity contribution in [1.29, 1.82) is 0 Å². The fourth-order valence-electron chi connectivity index (χ4n) is 2.96. The number of carbonyl (C=O) groups is 1. The first-order chi connectivity index (χ1) is 12.3. The highest BCUT2D eigenvalue weighted by Gasteiger charge is 2.19. The Morgan fingerprint density at radius 1 is 0.920 bits per heavy atom. The van der Waals surface area contributed by atoms with Gasteiger partial charge in [0, 0.05) is 18.7 Å². The summed E-state index contributed by atoms with van der Waals surface area (Å²) >= 11 is 0. The number of benzene rings is 2. The fraction of sp³-hybridized carbons (Fsp3) is 0.227. The molecule has 3 heteroatoms. The Kier molecular flexibility index (Phi) is 6.32. The lowest BCUT2D eigenvalue weighted by Gasteiger charge is -2.33. The SMILES string of the molecule is O=C(/C=C\C=C\C(c1ccccc1)N1CCOCC1)c1ccccc1. The summed E-state index contributed by atoms with van der Waals surface area (Å²) in [4.78, 5) is 14.5. The minimum Gasteiger partial charge on any atom is -0.379 e. The van der Waals surface area contributed by atoms with Crippen molar-refractivity contribution in [2.75, 3.05) is 26.3 Å². The largest absolute Gasteiger partial charge is 0.379 e. The normalized spacial score (nSPS) is 17.1. The van der Waals surface area contributed by atoms with E-state index in [4.69, 9.17) is 4.74 Å². The van der Waals surface area contributed by atoms with Crippen LogP contribution in [0.4, 0.5) is 0 Å². The molecular formula is C22H23NO2. The molecule has 0 N–H and O–H groups in total. The second-order valence-corrected chi connectivity index (χ2v) is 5.98. The van der Waals surface area contributed by atoms with Gasteiger partial charge < -0.3 is 4.74 Å². The molecule has 25 heavy (non-hydrogen) atoms. The van der Waals surface area contributed by atoms with E-state index < -0.39 is 0 Å². The average Bonchev–Trinajstić information content (AvgIpc) is 2.70. The molecule has 3 rings (SSSR count). The average molecular weight is 333 g/mol. The van der Waals surface area contributed by atoms with Crippen LogP contribution >= 0.6 is 0 Å². The van der Waals surface area contributed by atoms with Gasteiger partial charge in [-0.15, -0.1) is 0 Å². The predicted molar refractivity (Wildman–Crippen MR) is 101 cm³/mol. The first-order valence-corrected chi connectivity index (χ1v) is 8.65. The lowest BCUT2D eigenvalue weighted by atomic mass is 10.0. The number of hydrogen-bond donors (Lipinski definition) is 0. The lowest BCUT2D eigenvalue weighted by molar-refractivity contribution is 0.0253. The molecule has 1 saturated heterocycles. The Labute approximate surface area is 149 Å². The zero-order valence-electron chi connectivity index (χ0n) is 14.3. The van der Waals surface area contributed by atoms with Crippen LogP contribution in [-0.2, 0) is 4.74 Å². The second-order valence-electron chi connectivity index (χ2n) is 5.98. The summed E-state index contributed by atoms with van der Waals surface area (Å²) in [6, 6.07) is 20.0. The van der Waals surface area contributed by atoms with Crippen LogP contribution in [-0.4, -0.2) is 37.0 Å². The summed E-state index contributed by atoms with van der Waals surface area (Å²) in [6.07, 6.45) is 7.56. The molecule has 0 amide bonds. The van der Waals surface area contributed by atoms with E-state index in [1.54, 1.807) is 6.08 Å². The molecule has 2 aromatic carbocycles. The molecule has 0 spiro atoms. The van der Waals surface area contributed by atoms with Gasteiger partial charge in [-0.2, -0.15) is 0 Å². The number of ether oxygens (including phenoxy) is 1. The van der Waals surface area contributed by atoms with Crippen LogP contribution < -0.4 is 0 Å². The second kappa shape index (κ2) is 9.11. The van der Waals surface area contributed by atoms with Crippen LogP contribution in [0.15, 0.2) is 85.0 Å². The maximum absolute atomic E-state index is 12.1. The van der Waals surface area contributed by atoms with Crippen molar-refractivity contribution < 1.29 is 9.53 Å². The van der Waals surface area contributed by atoms with Crippen molar-refractivity contribution >= 4 is 5.78 Å². The highest BCUT2D eigenvalue weighted by atomic mass is 16.5. The molecule has 1 atom stereocenters. The van der Waals surface area contributed by atoms with Gasteiger partial charge in [0.15, 0.2) is 5.78 Å². The Morgan fingerprint density at radius 2 is 1.56 bits per heavy atom. The summed E-state index contributed by atoms with van der Waals surface area (Å²) in [6.45, 7) is 3.35. The van der Waals surface area contributed by atoms with Gasteiger partial charge in [-0.05, 0) is 11.6 Å². The fourth-order valence-corrected chi connectivity index (χ4v) is 2.96. The molecule has 2 aromatic rings. The molecule has 1 aliphatic rings. The van der Waals surface area contributed by atoms with Crippen LogP contribution in [0.2, 0.25) is 0 Å². The summed E-state index contributed by atoms with van der Waals surface area (Å²) in [5.74, 6) is 0.0212. The quantitative estimate of drug-likeness (QED) is 0.454. The molecular weight excluding hydrogens is 310 g/mol. The summed E-state index contributed by atoms with van der Waals surface area (Å²) in [7, 11) is 0. The van der Waals surface area contributed by atoms with E-state index in [2.05, 4.69) is 35.2 Å². The van der Waals surface area contributed by atoms with E-state index in [0.29, 0.717) is 5.56 Å². The van der Waals surface area contributed by atoms with Gasteiger partial charge in [0.1, 0.15) is 0 Å². The van der Waals surface area contributed by atoms with Gasteiger partial charge in [-0.3, -0.25) is 9.69 Å². The van der Waals surface area contributed by atoms with Gasteiger partial charge in [-0.25, -0.2) is 0 Å². The first-order valence-electron chi connectivity index (χ1n) is 8.65. The summed E-state index contributed by atoms with van der Waals surface area (Å²) in [5, 5.41) is 0. The number of allylic oxidation sites excluding steroid dienone is 3. The Hall–Kier alpha value is -2.49. The third-order valence-electron chi connectivity index (χ3n) is 4.29. The lowest BCUT2D eigenvalue weighted by Crippen LogP contribution is -2.38. The Bertz CT molecular complexity index is 716. The van der Waals surface area contributed by atoms with Crippen LogP contribution in [0.3, 0.4) is 0 Å². The number of nitrogens with zero attached hydrogens (tertiary/aromatic N) is 1. The molecule has 1 heterocycles. The van der Waals surface area contributed by atoms with Crippen LogP contribution in [0.1, 0.15) is 22.0 Å². The van der Waals surface area contributed by atoms with E-state index in [0.717, 1.165) is 26.3 Å². The molecule has 1 aliphatic heterocycles. The summed E-state index contributed by atoms with van der Waals surface area (Å²) < 4.78 is 5.47. The van der Waals surface area contributed by atoms with Gasteiger partial charge in [0.25, 0.3) is 0 Å². The Morgan fingerprint density at radius 3 is 2.24 bits per heavy atom. The molecule has 0 radical (unpaired) electrons. The van der Waals surface area contributed by atoms with Crippen molar-refractivity contribution in [3.63, 3.8) is 0 Å². The van der Waals surface area contributed by atoms with Crippen LogP contribution in [0, 0.1) is 0 Å². The van der Waals surface area contributed by atoms with Crippen molar-refractivity contribution in [1.82, 2.24) is 4.90 Å². The van der Waals surface area contributed by atoms with E-state index in [1.807, 2.05) is 48.6 Å². The topological polar surface area (TPSA) is 29.5 Å². The smallest absolute Gasteiger partial charge is 0.185 e. The van der Waals surface area contributed by atoms with E-state index in [1.165, 1.54) is 5.56 Å². The highest BCUT2D eigenvalue weighted by Crippen LogP contribution is 2.23. The molecule has 3 nitrogen and oxygen atoms in total. The van der Waals surface area contributed by atoms with Crippen molar-refractivity contribution in [3.05, 3.63) is 96.1 Å². The minimum atomic E-state index is 0.0212. The van der Waals surface area contributed by atoms with Gasteiger partial charge in [0.05, 0.1) is 19.3 Å². The van der Waals surface area contributed by atoms with E-state index >= 15 is 0 Å². The molecule has 1 unspecified atom stereocenters. The molecule has 1 fully saturated rings. The number of morpholine rings is 1. The van der Waals surface area contributed by atoms with Crippen LogP contribution in [0.25, 0.3) is 0 Å². The third-order valence-corrected chi connectivity index (χ3v) is 4.29. The predicted octanol–water partition coefficient (Wildman–Crippen LogP) is 4.06. The molecule has 128 valence electrons. The third kappa shape index (κ3) is 4.99. The zero-order chi connectivity index (χ0) is 17.3. The highest BCUT2D eigenvalue weighted by molar-refractivity contribution is 6.04. The number of rotatable bonds is 6. The maximum atomic E-state index is 12.1. The van der Waals surface area contributed by atoms with Gasteiger partial charge in [-0.1, -0.05) is 78.9 Å². The zero-order valence-corrected chi connectivity index (χ0v) is 14.3. The molecule has 0 aliphatic carbocycles. The van der Waals surface area contributed by atoms with Crippen molar-refractivity contribution in [2.45, 2.75) is 6.04 Å². The molecule has 0 saturated carbocycles. The maximum Gasteiger partial charge on any atom is 0.185 e. The standard InChI is InChI=1S/C22H23NO2/c24-22(20-11-5-2-6-12-20)14-8-7-13-21(19-9-3-1-4-10-19)23-15-17-25-18-16-23/h1-14,21H,15-18H2/b13-7+,14-8-. The minimum absolute atomic E-state index is 0.0212. The number of ketones is 1. The van der Waals surface area contributed by atoms with E-state index in [9.17, 15) is 4.79 Å². The van der Waals surface area contributed by atoms with E-state index in [-0.39, 0.29) is 11.8 Å². The molecule has 0 aromatic heterocycles. The number of carbonyl (C=O) groups excluding carboxylic acids is 1. The first kappa shape index (κ1) is 17.3. The van der Waals surface area contributed by atoms with Crippen molar-refractivity contribution in [2.24, 2.45) is 0 Å². The van der Waals surface area contributed by atoms with Gasteiger partial charge in [0.2, 0.25) is 0 Å². The van der Waals surface area contributed by atoms with Crippen molar-refractivity contribution in [3.8, 4) is 0 Å². The molecule has 0 bridgehead atoms. The van der Waals surface area contributed by atoms with Gasteiger partial charge >= 0.3 is 0 Å². The number of hydrogen-bond acceptors (Lipinski definition) is 3. The Balaban J connectivity index is 1.70. The monoisotopic (exact) mass is 333 g/mol. The van der Waals surface area contributed by atoms with Crippen LogP contribution in [0.5, 0.6) is 0 Å². The summed E-state index contributed by atoms with van der Waals surface area (Å²) in [5.41, 5.74) is 1.96.